The minimum absolute atomic E-state index is 0.127. The maximum absolute atomic E-state index is 13.4. The van der Waals surface area contributed by atoms with Crippen LogP contribution in [-0.4, -0.2) is 23.6 Å². The summed E-state index contributed by atoms with van der Waals surface area (Å²) in [4.78, 5) is 23.2. The lowest BCUT2D eigenvalue weighted by Gasteiger charge is -2.05. The fraction of sp³-hybridized carbons (Fsp3) is 0.154. The second kappa shape index (κ2) is 6.36. The van der Waals surface area contributed by atoms with Crippen LogP contribution in [0.15, 0.2) is 28.8 Å². The average molecular weight is 313 g/mol. The van der Waals surface area contributed by atoms with Crippen molar-refractivity contribution < 1.29 is 23.2 Å². The highest BCUT2D eigenvalue weighted by atomic mass is 35.5. The number of carbonyl (C=O) groups is 2. The number of aromatic nitrogens is 1. The molecule has 0 spiro atoms. The Labute approximate surface area is 123 Å². The summed E-state index contributed by atoms with van der Waals surface area (Å²) in [6.07, 6.45) is 0. The third-order valence-electron chi connectivity index (χ3n) is 2.37. The molecule has 1 aromatic carbocycles. The summed E-state index contributed by atoms with van der Waals surface area (Å²) in [7, 11) is 0. The SMILES string of the molecule is Cc1cc(NC(=O)COC(=O)c2cc(Cl)ccc2F)on1. The van der Waals surface area contributed by atoms with E-state index in [0.29, 0.717) is 5.69 Å². The standard InChI is InChI=1S/C13H10ClFN2O4/c1-7-4-12(21-17-7)16-11(18)6-20-13(19)9-5-8(14)2-3-10(9)15/h2-5H,6H2,1H3,(H,16,18). The molecule has 110 valence electrons. The van der Waals surface area contributed by atoms with Crippen molar-refractivity contribution in [3.8, 4) is 0 Å². The molecule has 0 saturated heterocycles. The minimum Gasteiger partial charge on any atom is -0.452 e. The molecule has 1 amide bonds. The number of esters is 1. The molecule has 0 unspecified atom stereocenters. The number of aryl methyl sites for hydroxylation is 1. The van der Waals surface area contributed by atoms with Crippen molar-refractivity contribution in [3.05, 3.63) is 46.4 Å². The van der Waals surface area contributed by atoms with Gasteiger partial charge in [-0.25, -0.2) is 9.18 Å². The summed E-state index contributed by atoms with van der Waals surface area (Å²) in [5, 5.41) is 6.09. The quantitative estimate of drug-likeness (QED) is 0.877. The summed E-state index contributed by atoms with van der Waals surface area (Å²) in [5.74, 6) is -2.28. The number of nitrogens with one attached hydrogen (secondary N) is 1. The smallest absolute Gasteiger partial charge is 0.341 e. The Morgan fingerprint density at radius 1 is 1.43 bits per heavy atom. The molecule has 0 aliphatic heterocycles. The highest BCUT2D eigenvalue weighted by Crippen LogP contribution is 2.16. The van der Waals surface area contributed by atoms with Crippen LogP contribution >= 0.6 is 11.6 Å². The van der Waals surface area contributed by atoms with Gasteiger partial charge in [-0.15, -0.1) is 0 Å². The molecule has 1 aromatic heterocycles. The number of nitrogens with zero attached hydrogens (tertiary/aromatic N) is 1. The van der Waals surface area contributed by atoms with Crippen LogP contribution in [-0.2, 0) is 9.53 Å². The van der Waals surface area contributed by atoms with Gasteiger partial charge in [0.1, 0.15) is 5.82 Å². The average Bonchev–Trinajstić information content (AvgIpc) is 2.84. The van der Waals surface area contributed by atoms with E-state index < -0.39 is 24.3 Å². The third-order valence-corrected chi connectivity index (χ3v) is 2.61. The van der Waals surface area contributed by atoms with Gasteiger partial charge in [-0.3, -0.25) is 10.1 Å². The molecule has 1 N–H and O–H groups in total. The Bertz CT molecular complexity index is 687. The van der Waals surface area contributed by atoms with E-state index in [2.05, 4.69) is 10.5 Å². The number of rotatable bonds is 4. The van der Waals surface area contributed by atoms with Gasteiger partial charge in [-0.2, -0.15) is 0 Å². The second-order valence-corrected chi connectivity index (χ2v) is 4.52. The van der Waals surface area contributed by atoms with E-state index in [0.717, 1.165) is 12.1 Å². The molecule has 0 radical (unpaired) electrons. The second-order valence-electron chi connectivity index (χ2n) is 4.08. The van der Waals surface area contributed by atoms with Crippen LogP contribution in [0.3, 0.4) is 0 Å². The van der Waals surface area contributed by atoms with E-state index in [4.69, 9.17) is 20.9 Å². The monoisotopic (exact) mass is 312 g/mol. The van der Waals surface area contributed by atoms with Crippen molar-refractivity contribution in [2.45, 2.75) is 6.92 Å². The van der Waals surface area contributed by atoms with Crippen LogP contribution in [0.4, 0.5) is 10.3 Å². The lowest BCUT2D eigenvalue weighted by molar-refractivity contribution is -0.119. The van der Waals surface area contributed by atoms with E-state index in [1.807, 2.05) is 0 Å². The maximum atomic E-state index is 13.4. The van der Waals surface area contributed by atoms with Gasteiger partial charge in [0.05, 0.1) is 11.3 Å². The van der Waals surface area contributed by atoms with E-state index >= 15 is 0 Å². The molecule has 0 aliphatic rings. The van der Waals surface area contributed by atoms with Gasteiger partial charge in [0.25, 0.3) is 5.91 Å². The first-order chi connectivity index (χ1) is 9.95. The number of amides is 1. The zero-order valence-corrected chi connectivity index (χ0v) is 11.6. The number of benzene rings is 1. The molecule has 0 fully saturated rings. The van der Waals surface area contributed by atoms with Crippen molar-refractivity contribution in [1.29, 1.82) is 0 Å². The molecule has 8 heteroatoms. The molecule has 0 bridgehead atoms. The molecular weight excluding hydrogens is 303 g/mol. The highest BCUT2D eigenvalue weighted by molar-refractivity contribution is 6.30. The van der Waals surface area contributed by atoms with Crippen LogP contribution in [0.5, 0.6) is 0 Å². The Morgan fingerprint density at radius 3 is 2.86 bits per heavy atom. The first-order valence-corrected chi connectivity index (χ1v) is 6.19. The maximum Gasteiger partial charge on any atom is 0.341 e. The molecule has 0 atom stereocenters. The van der Waals surface area contributed by atoms with Crippen LogP contribution in [0.2, 0.25) is 5.02 Å². The summed E-state index contributed by atoms with van der Waals surface area (Å²) in [6.45, 7) is 1.09. The van der Waals surface area contributed by atoms with Crippen molar-refractivity contribution in [2.75, 3.05) is 11.9 Å². The Balaban J connectivity index is 1.91. The molecule has 0 aliphatic carbocycles. The molecule has 1 heterocycles. The number of carbonyl (C=O) groups excluding carboxylic acids is 2. The molecule has 2 aromatic rings. The summed E-state index contributed by atoms with van der Waals surface area (Å²) in [6, 6.07) is 4.95. The molecule has 6 nitrogen and oxygen atoms in total. The zero-order chi connectivity index (χ0) is 15.4. The zero-order valence-electron chi connectivity index (χ0n) is 10.9. The van der Waals surface area contributed by atoms with Crippen LogP contribution < -0.4 is 5.32 Å². The fourth-order valence-corrected chi connectivity index (χ4v) is 1.63. The largest absolute Gasteiger partial charge is 0.452 e. The predicted molar refractivity (Wildman–Crippen MR) is 71.6 cm³/mol. The molecule has 0 saturated carbocycles. The Hall–Kier alpha value is -2.41. The lowest BCUT2D eigenvalue weighted by atomic mass is 10.2. The van der Waals surface area contributed by atoms with E-state index in [9.17, 15) is 14.0 Å². The number of ether oxygens (including phenoxy) is 1. The molecule has 21 heavy (non-hydrogen) atoms. The summed E-state index contributed by atoms with van der Waals surface area (Å²) in [5.41, 5.74) is 0.245. The normalized spacial score (nSPS) is 10.2. The number of anilines is 1. The fourth-order valence-electron chi connectivity index (χ4n) is 1.46. The van der Waals surface area contributed by atoms with Gasteiger partial charge >= 0.3 is 5.97 Å². The van der Waals surface area contributed by atoms with Gasteiger partial charge in [0, 0.05) is 11.1 Å². The Morgan fingerprint density at radius 2 is 2.19 bits per heavy atom. The van der Waals surface area contributed by atoms with Gasteiger partial charge < -0.3 is 9.26 Å². The summed E-state index contributed by atoms with van der Waals surface area (Å²) < 4.78 is 22.9. The van der Waals surface area contributed by atoms with E-state index in [-0.39, 0.29) is 16.5 Å². The van der Waals surface area contributed by atoms with Crippen molar-refractivity contribution in [1.82, 2.24) is 5.16 Å². The number of hydrogen-bond donors (Lipinski definition) is 1. The molecular formula is C13H10ClFN2O4. The minimum atomic E-state index is -0.987. The van der Waals surface area contributed by atoms with Gasteiger partial charge in [0.15, 0.2) is 6.61 Å². The van der Waals surface area contributed by atoms with Crippen LogP contribution in [0.25, 0.3) is 0 Å². The molecule has 2 rings (SSSR count). The topological polar surface area (TPSA) is 81.4 Å². The van der Waals surface area contributed by atoms with Gasteiger partial charge in [-0.05, 0) is 25.1 Å². The van der Waals surface area contributed by atoms with E-state index in [1.54, 1.807) is 6.92 Å². The van der Waals surface area contributed by atoms with Crippen molar-refractivity contribution in [2.24, 2.45) is 0 Å². The van der Waals surface area contributed by atoms with Crippen LogP contribution in [0, 0.1) is 12.7 Å². The summed E-state index contributed by atoms with van der Waals surface area (Å²) >= 11 is 5.66. The number of hydrogen-bond acceptors (Lipinski definition) is 5. The van der Waals surface area contributed by atoms with E-state index in [1.165, 1.54) is 12.1 Å². The predicted octanol–water partition coefficient (Wildman–Crippen LogP) is 2.57. The third kappa shape index (κ3) is 4.03. The first kappa shape index (κ1) is 15.0. The van der Waals surface area contributed by atoms with Crippen molar-refractivity contribution in [3.63, 3.8) is 0 Å². The van der Waals surface area contributed by atoms with Crippen molar-refractivity contribution >= 4 is 29.4 Å². The lowest BCUT2D eigenvalue weighted by Crippen LogP contribution is -2.21. The van der Waals surface area contributed by atoms with Gasteiger partial charge in [-0.1, -0.05) is 16.8 Å². The van der Waals surface area contributed by atoms with Gasteiger partial charge in [0.2, 0.25) is 5.88 Å². The number of halogens is 2. The highest BCUT2D eigenvalue weighted by Gasteiger charge is 2.16. The first-order valence-electron chi connectivity index (χ1n) is 5.81. The Kier molecular flexibility index (Phi) is 4.54. The van der Waals surface area contributed by atoms with Crippen LogP contribution in [0.1, 0.15) is 16.1 Å².